The summed E-state index contributed by atoms with van der Waals surface area (Å²) >= 11 is 0. The van der Waals surface area contributed by atoms with Crippen LogP contribution in [0.15, 0.2) is 29.2 Å². The summed E-state index contributed by atoms with van der Waals surface area (Å²) in [5.41, 5.74) is 0. The summed E-state index contributed by atoms with van der Waals surface area (Å²) in [4.78, 5) is 13.8. The van der Waals surface area contributed by atoms with E-state index in [4.69, 9.17) is 9.47 Å². The summed E-state index contributed by atoms with van der Waals surface area (Å²) in [7, 11) is -3.65. The number of hydrogen-bond donors (Lipinski definition) is 0. The molecule has 0 saturated carbocycles. The Bertz CT molecular complexity index is 611. The zero-order valence-electron chi connectivity index (χ0n) is 12.8. The normalized spacial score (nSPS) is 19.0. The predicted molar refractivity (Wildman–Crippen MR) is 81.7 cm³/mol. The van der Waals surface area contributed by atoms with Crippen LogP contribution >= 0.6 is 0 Å². The van der Waals surface area contributed by atoms with Gasteiger partial charge in [-0.2, -0.15) is 0 Å². The van der Waals surface area contributed by atoms with Crippen molar-refractivity contribution < 1.29 is 22.7 Å². The number of ether oxygens (including phenoxy) is 2. The molecule has 1 aromatic carbocycles. The fourth-order valence-corrected chi connectivity index (χ4v) is 3.52. The van der Waals surface area contributed by atoms with Crippen LogP contribution in [0.5, 0.6) is 5.75 Å². The Labute approximate surface area is 130 Å². The van der Waals surface area contributed by atoms with Gasteiger partial charge < -0.3 is 14.4 Å². The highest BCUT2D eigenvalue weighted by Crippen LogP contribution is 2.18. The maximum atomic E-state index is 12.3. The minimum atomic E-state index is -3.65. The van der Waals surface area contributed by atoms with E-state index in [0.717, 1.165) is 0 Å². The summed E-state index contributed by atoms with van der Waals surface area (Å²) < 4.78 is 35.3. The highest BCUT2D eigenvalue weighted by atomic mass is 32.2. The Balaban J connectivity index is 2.05. The first-order valence-electron chi connectivity index (χ1n) is 7.27. The van der Waals surface area contributed by atoms with Crippen LogP contribution in [-0.4, -0.2) is 57.4 Å². The molecule has 0 N–H and O–H groups in total. The average Bonchev–Trinajstić information content (AvgIpc) is 2.48. The zero-order valence-corrected chi connectivity index (χ0v) is 13.6. The van der Waals surface area contributed by atoms with Crippen molar-refractivity contribution in [3.8, 4) is 5.75 Å². The topological polar surface area (TPSA) is 72.9 Å². The zero-order chi connectivity index (χ0) is 16.2. The largest absolute Gasteiger partial charge is 0.494 e. The molecular weight excluding hydrogens is 306 g/mol. The Morgan fingerprint density at radius 3 is 2.64 bits per heavy atom. The second kappa shape index (κ2) is 7.11. The SMILES string of the molecule is CCOc1ccc(S(=O)(=O)CC(=O)N2CCOC(C)C2)cc1. The maximum Gasteiger partial charge on any atom is 0.238 e. The van der Waals surface area contributed by atoms with Crippen molar-refractivity contribution in [3.63, 3.8) is 0 Å². The first-order valence-corrected chi connectivity index (χ1v) is 8.92. The number of sulfone groups is 1. The third kappa shape index (κ3) is 4.20. The molecule has 0 bridgehead atoms. The number of nitrogens with zero attached hydrogens (tertiary/aromatic N) is 1. The molecule has 1 aliphatic heterocycles. The van der Waals surface area contributed by atoms with Crippen molar-refractivity contribution in [2.75, 3.05) is 32.1 Å². The van der Waals surface area contributed by atoms with Gasteiger partial charge in [0.1, 0.15) is 11.5 Å². The van der Waals surface area contributed by atoms with E-state index < -0.39 is 15.6 Å². The van der Waals surface area contributed by atoms with Crippen molar-refractivity contribution >= 4 is 15.7 Å². The van der Waals surface area contributed by atoms with E-state index in [9.17, 15) is 13.2 Å². The van der Waals surface area contributed by atoms with Crippen LogP contribution in [0.2, 0.25) is 0 Å². The second-order valence-corrected chi connectivity index (χ2v) is 7.17. The number of amides is 1. The number of benzene rings is 1. The van der Waals surface area contributed by atoms with Gasteiger partial charge in [-0.05, 0) is 38.1 Å². The highest BCUT2D eigenvalue weighted by Gasteiger charge is 2.26. The predicted octanol–water partition coefficient (Wildman–Crippen LogP) is 1.11. The van der Waals surface area contributed by atoms with Crippen LogP contribution < -0.4 is 4.74 Å². The summed E-state index contributed by atoms with van der Waals surface area (Å²) in [6.07, 6.45) is -0.0640. The molecule has 1 amide bonds. The van der Waals surface area contributed by atoms with Gasteiger partial charge in [-0.1, -0.05) is 0 Å². The molecule has 1 aromatic rings. The Hall–Kier alpha value is -1.60. The molecule has 6 nitrogen and oxygen atoms in total. The summed E-state index contributed by atoms with van der Waals surface area (Å²) in [6.45, 7) is 5.53. The molecule has 0 radical (unpaired) electrons. The maximum absolute atomic E-state index is 12.3. The molecule has 1 aliphatic rings. The molecule has 1 saturated heterocycles. The summed E-state index contributed by atoms with van der Waals surface area (Å²) in [5, 5.41) is 0. The van der Waals surface area contributed by atoms with E-state index in [1.165, 1.54) is 12.1 Å². The fourth-order valence-electron chi connectivity index (χ4n) is 2.29. The van der Waals surface area contributed by atoms with Crippen LogP contribution in [0.25, 0.3) is 0 Å². The Morgan fingerprint density at radius 2 is 2.05 bits per heavy atom. The van der Waals surface area contributed by atoms with E-state index in [1.807, 2.05) is 13.8 Å². The number of morpholine rings is 1. The Morgan fingerprint density at radius 1 is 1.36 bits per heavy atom. The van der Waals surface area contributed by atoms with Gasteiger partial charge in [-0.3, -0.25) is 4.79 Å². The monoisotopic (exact) mass is 327 g/mol. The lowest BCUT2D eigenvalue weighted by atomic mass is 10.3. The van der Waals surface area contributed by atoms with Crippen molar-refractivity contribution in [3.05, 3.63) is 24.3 Å². The van der Waals surface area contributed by atoms with Crippen LogP contribution in [-0.2, 0) is 19.4 Å². The van der Waals surface area contributed by atoms with E-state index in [1.54, 1.807) is 17.0 Å². The third-order valence-corrected chi connectivity index (χ3v) is 5.02. The molecule has 122 valence electrons. The molecular formula is C15H21NO5S. The van der Waals surface area contributed by atoms with Crippen molar-refractivity contribution in [2.24, 2.45) is 0 Å². The minimum absolute atomic E-state index is 0.0640. The van der Waals surface area contributed by atoms with Gasteiger partial charge >= 0.3 is 0 Å². The number of hydrogen-bond acceptors (Lipinski definition) is 5. The number of carbonyl (C=O) groups is 1. The van der Waals surface area contributed by atoms with Gasteiger partial charge in [0.25, 0.3) is 0 Å². The summed E-state index contributed by atoms with van der Waals surface area (Å²) in [5.74, 6) is -0.299. The molecule has 1 fully saturated rings. The van der Waals surface area contributed by atoms with Gasteiger partial charge in [0, 0.05) is 13.1 Å². The van der Waals surface area contributed by atoms with Crippen molar-refractivity contribution in [1.82, 2.24) is 4.90 Å². The molecule has 1 heterocycles. The Kier molecular flexibility index (Phi) is 5.42. The lowest BCUT2D eigenvalue weighted by Gasteiger charge is -2.31. The first-order chi connectivity index (χ1) is 10.4. The molecule has 0 spiro atoms. The van der Waals surface area contributed by atoms with E-state index in [-0.39, 0.29) is 16.9 Å². The quantitative estimate of drug-likeness (QED) is 0.810. The second-order valence-electron chi connectivity index (χ2n) is 5.18. The molecule has 1 atom stereocenters. The first kappa shape index (κ1) is 16.8. The molecule has 0 aromatic heterocycles. The van der Waals surface area contributed by atoms with Gasteiger partial charge in [0.15, 0.2) is 9.84 Å². The number of rotatable bonds is 5. The third-order valence-electron chi connectivity index (χ3n) is 3.40. The lowest BCUT2D eigenvalue weighted by Crippen LogP contribution is -2.46. The van der Waals surface area contributed by atoms with Gasteiger partial charge in [-0.25, -0.2) is 8.42 Å². The number of carbonyl (C=O) groups excluding carboxylic acids is 1. The molecule has 22 heavy (non-hydrogen) atoms. The van der Waals surface area contributed by atoms with Gasteiger partial charge in [0.2, 0.25) is 5.91 Å². The minimum Gasteiger partial charge on any atom is -0.494 e. The van der Waals surface area contributed by atoms with E-state index >= 15 is 0 Å². The van der Waals surface area contributed by atoms with Crippen LogP contribution in [0.4, 0.5) is 0 Å². The highest BCUT2D eigenvalue weighted by molar-refractivity contribution is 7.92. The van der Waals surface area contributed by atoms with Crippen LogP contribution in [0, 0.1) is 0 Å². The molecule has 2 rings (SSSR count). The van der Waals surface area contributed by atoms with Crippen LogP contribution in [0.1, 0.15) is 13.8 Å². The lowest BCUT2D eigenvalue weighted by molar-refractivity contribution is -0.135. The molecule has 1 unspecified atom stereocenters. The smallest absolute Gasteiger partial charge is 0.238 e. The molecule has 7 heteroatoms. The van der Waals surface area contributed by atoms with Crippen molar-refractivity contribution in [1.29, 1.82) is 0 Å². The standard InChI is InChI=1S/C15H21NO5S/c1-3-20-13-4-6-14(7-5-13)22(18,19)11-15(17)16-8-9-21-12(2)10-16/h4-7,12H,3,8-11H2,1-2H3. The van der Waals surface area contributed by atoms with Crippen LogP contribution in [0.3, 0.4) is 0 Å². The van der Waals surface area contributed by atoms with Crippen molar-refractivity contribution in [2.45, 2.75) is 24.8 Å². The van der Waals surface area contributed by atoms with Gasteiger partial charge in [-0.15, -0.1) is 0 Å². The average molecular weight is 327 g/mol. The fraction of sp³-hybridized carbons (Fsp3) is 0.533. The summed E-state index contributed by atoms with van der Waals surface area (Å²) in [6, 6.07) is 6.13. The van der Waals surface area contributed by atoms with Gasteiger partial charge in [0.05, 0.1) is 24.2 Å². The van der Waals surface area contributed by atoms with E-state index in [0.29, 0.717) is 32.1 Å². The van der Waals surface area contributed by atoms with E-state index in [2.05, 4.69) is 0 Å². The molecule has 0 aliphatic carbocycles.